The van der Waals surface area contributed by atoms with Crippen LogP contribution in [0.1, 0.15) is 37.7 Å². The van der Waals surface area contributed by atoms with E-state index in [0.29, 0.717) is 13.0 Å². The number of rotatable bonds is 9. The molecule has 29 heavy (non-hydrogen) atoms. The Kier molecular flexibility index (Phi) is 11.6. The van der Waals surface area contributed by atoms with E-state index in [1.807, 2.05) is 28.5 Å². The van der Waals surface area contributed by atoms with E-state index in [4.69, 9.17) is 4.74 Å². The Morgan fingerprint density at radius 1 is 1.21 bits per heavy atom. The highest BCUT2D eigenvalue weighted by atomic mass is 33.1. The Morgan fingerprint density at radius 3 is 2.38 bits per heavy atom. The summed E-state index contributed by atoms with van der Waals surface area (Å²) in [7, 11) is 6.04. The molecule has 0 aromatic heterocycles. The fraction of sp³-hybridized carbons (Fsp3) is 0.650. The lowest BCUT2D eigenvalue weighted by atomic mass is 10.1. The number of likely N-dealkylation sites (N-methyl/N-ethyl adjacent to an activating group) is 1. The van der Waals surface area contributed by atoms with Gasteiger partial charge in [0.2, 0.25) is 0 Å². The predicted octanol–water partition coefficient (Wildman–Crippen LogP) is 3.85. The van der Waals surface area contributed by atoms with Crippen molar-refractivity contribution in [2.45, 2.75) is 49.2 Å². The van der Waals surface area contributed by atoms with Crippen LogP contribution in [0.2, 0.25) is 0 Å². The molecule has 1 aromatic rings. The average Bonchev–Trinajstić information content (AvgIpc) is 3.11. The zero-order chi connectivity index (χ0) is 21.9. The summed E-state index contributed by atoms with van der Waals surface area (Å²) < 4.78 is 37.2. The minimum atomic E-state index is -4.27. The van der Waals surface area contributed by atoms with Gasteiger partial charge < -0.3 is 13.8 Å². The molecule has 0 saturated carbocycles. The van der Waals surface area contributed by atoms with Crippen LogP contribution in [0.3, 0.4) is 0 Å². The quantitative estimate of drug-likeness (QED) is 0.181. The molecule has 0 bridgehead atoms. The number of hydrogen-bond donors (Lipinski definition) is 0. The number of carbonyl (C=O) groups excluding carboxylic acids is 1. The third kappa shape index (κ3) is 13.2. The highest BCUT2D eigenvalue weighted by Gasteiger charge is 2.16. The molecule has 1 fully saturated rings. The lowest BCUT2D eigenvalue weighted by molar-refractivity contribution is -0.870. The van der Waals surface area contributed by atoms with E-state index in [1.54, 1.807) is 12.1 Å². The molecule has 1 heterocycles. The monoisotopic (exact) mass is 463 g/mol. The number of benzene rings is 1. The van der Waals surface area contributed by atoms with E-state index in [0.717, 1.165) is 34.7 Å². The van der Waals surface area contributed by atoms with Crippen molar-refractivity contribution in [2.24, 2.45) is 0 Å². The maximum atomic E-state index is 11.5. The summed E-state index contributed by atoms with van der Waals surface area (Å²) in [5.41, 5.74) is 0.928. The summed E-state index contributed by atoms with van der Waals surface area (Å²) in [5.74, 6) is 1.26. The van der Waals surface area contributed by atoms with Crippen molar-refractivity contribution < 1.29 is 27.0 Å². The maximum absolute atomic E-state index is 11.5. The van der Waals surface area contributed by atoms with Crippen LogP contribution in [0, 0.1) is 6.92 Å². The number of esters is 1. The maximum Gasteiger partial charge on any atom is 0.305 e. The molecule has 1 aromatic carbocycles. The Bertz CT molecular complexity index is 709. The third-order valence-corrected chi connectivity index (χ3v) is 8.08. The zero-order valence-corrected chi connectivity index (χ0v) is 20.2. The summed E-state index contributed by atoms with van der Waals surface area (Å²) in [6, 6.07) is 5.78. The van der Waals surface area contributed by atoms with Crippen molar-refractivity contribution in [3.05, 3.63) is 29.8 Å². The molecule has 166 valence electrons. The molecule has 0 unspecified atom stereocenters. The van der Waals surface area contributed by atoms with Crippen LogP contribution in [-0.4, -0.2) is 68.7 Å². The summed E-state index contributed by atoms with van der Waals surface area (Å²) in [4.78, 5) is 11.3. The molecule has 0 radical (unpaired) electrons. The van der Waals surface area contributed by atoms with E-state index in [1.165, 1.54) is 30.7 Å². The summed E-state index contributed by atoms with van der Waals surface area (Å²) in [6.45, 7) is 3.24. The van der Waals surface area contributed by atoms with Crippen molar-refractivity contribution in [3.8, 4) is 0 Å². The molecule has 0 amide bonds. The van der Waals surface area contributed by atoms with Gasteiger partial charge in [0.25, 0.3) is 0 Å². The Morgan fingerprint density at radius 2 is 1.86 bits per heavy atom. The van der Waals surface area contributed by atoms with Gasteiger partial charge >= 0.3 is 5.97 Å². The van der Waals surface area contributed by atoms with Gasteiger partial charge in [0.1, 0.15) is 23.3 Å². The molecule has 1 aliphatic rings. The first-order chi connectivity index (χ1) is 13.5. The lowest BCUT2D eigenvalue weighted by Crippen LogP contribution is -2.38. The van der Waals surface area contributed by atoms with Crippen LogP contribution in [0.5, 0.6) is 0 Å². The summed E-state index contributed by atoms with van der Waals surface area (Å²) >= 11 is 0. The van der Waals surface area contributed by atoms with Gasteiger partial charge in [0.05, 0.1) is 26.0 Å². The van der Waals surface area contributed by atoms with Gasteiger partial charge in [-0.05, 0) is 38.3 Å². The van der Waals surface area contributed by atoms with E-state index >= 15 is 0 Å². The van der Waals surface area contributed by atoms with Crippen LogP contribution < -0.4 is 0 Å². The number of aryl methyl sites for hydroxylation is 1. The number of unbranched alkanes of at least 4 members (excludes halogenated alkanes) is 1. The summed E-state index contributed by atoms with van der Waals surface area (Å²) in [6.07, 6.45) is 5.31. The first-order valence-electron chi connectivity index (χ1n) is 9.74. The van der Waals surface area contributed by atoms with Crippen molar-refractivity contribution in [3.63, 3.8) is 0 Å². The van der Waals surface area contributed by atoms with Gasteiger partial charge in [-0.2, -0.15) is 0 Å². The van der Waals surface area contributed by atoms with Crippen molar-refractivity contribution >= 4 is 37.7 Å². The smallest absolute Gasteiger partial charge is 0.305 e. The predicted molar refractivity (Wildman–Crippen MR) is 120 cm³/mol. The van der Waals surface area contributed by atoms with Gasteiger partial charge in [-0.3, -0.25) is 4.79 Å². The molecule has 9 heteroatoms. The number of carbonyl (C=O) groups is 1. The van der Waals surface area contributed by atoms with E-state index in [-0.39, 0.29) is 10.9 Å². The second-order valence-electron chi connectivity index (χ2n) is 8.08. The van der Waals surface area contributed by atoms with Crippen LogP contribution in [0.15, 0.2) is 29.2 Å². The molecular formula is C20H33NO5S3. The fourth-order valence-corrected chi connectivity index (χ4v) is 5.91. The average molecular weight is 464 g/mol. The second kappa shape index (κ2) is 12.8. The van der Waals surface area contributed by atoms with Crippen LogP contribution in [-0.2, 0) is 19.6 Å². The highest BCUT2D eigenvalue weighted by Crippen LogP contribution is 2.39. The number of quaternary nitrogens is 1. The zero-order valence-electron chi connectivity index (χ0n) is 17.8. The standard InChI is InChI=1S/C13H26NO2S2.C7H8O3S/c1-14(2,3)9-10-16-13(15)7-5-4-6-12-8-11-17-18-12;1-6-2-4-7(5-3-6)11(8,9)10/h12H,4-11H2,1-3H3;2-5H,1H3,(H,8,9,10)/q+1;/p-1/t12-;/m1./s1. The minimum absolute atomic E-state index is 0.0306. The van der Waals surface area contributed by atoms with Crippen LogP contribution in [0.25, 0.3) is 0 Å². The molecular weight excluding hydrogens is 430 g/mol. The Balaban J connectivity index is 0.000000326. The van der Waals surface area contributed by atoms with Crippen LogP contribution in [0.4, 0.5) is 0 Å². The molecule has 1 saturated heterocycles. The topological polar surface area (TPSA) is 83.5 Å². The van der Waals surface area contributed by atoms with Crippen molar-refractivity contribution in [2.75, 3.05) is 40.0 Å². The number of nitrogens with zero attached hydrogens (tertiary/aromatic N) is 1. The van der Waals surface area contributed by atoms with Crippen LogP contribution >= 0.6 is 21.6 Å². The second-order valence-corrected chi connectivity index (χ2v) is 12.2. The van der Waals surface area contributed by atoms with Gasteiger partial charge in [-0.25, -0.2) is 8.42 Å². The molecule has 2 rings (SSSR count). The highest BCUT2D eigenvalue weighted by molar-refractivity contribution is 8.77. The first kappa shape index (κ1) is 26.3. The molecule has 1 aliphatic heterocycles. The SMILES string of the molecule is C[N+](C)(C)CCOC(=O)CCCC[C@@H]1CCSS1.Cc1ccc(S(=O)(=O)[O-])cc1. The molecule has 0 aliphatic carbocycles. The fourth-order valence-electron chi connectivity index (χ4n) is 2.42. The summed E-state index contributed by atoms with van der Waals surface area (Å²) in [5, 5.41) is 0.823. The van der Waals surface area contributed by atoms with Gasteiger partial charge in [-0.1, -0.05) is 45.7 Å². The first-order valence-corrected chi connectivity index (χ1v) is 13.5. The minimum Gasteiger partial charge on any atom is -0.744 e. The Hall–Kier alpha value is -0.740. The normalized spacial score (nSPS) is 16.8. The molecule has 0 N–H and O–H groups in total. The van der Waals surface area contributed by atoms with Gasteiger partial charge in [0.15, 0.2) is 0 Å². The van der Waals surface area contributed by atoms with E-state index in [2.05, 4.69) is 21.1 Å². The van der Waals surface area contributed by atoms with E-state index in [9.17, 15) is 17.8 Å². The number of hydrogen-bond acceptors (Lipinski definition) is 7. The van der Waals surface area contributed by atoms with Crippen molar-refractivity contribution in [1.82, 2.24) is 0 Å². The van der Waals surface area contributed by atoms with Gasteiger partial charge in [0, 0.05) is 17.4 Å². The number of ether oxygens (including phenoxy) is 1. The third-order valence-electron chi connectivity index (χ3n) is 4.22. The lowest BCUT2D eigenvalue weighted by Gasteiger charge is -2.23. The van der Waals surface area contributed by atoms with Crippen molar-refractivity contribution in [1.29, 1.82) is 0 Å². The van der Waals surface area contributed by atoms with Gasteiger partial charge in [-0.15, -0.1) is 0 Å². The molecule has 0 spiro atoms. The Labute approximate surface area is 183 Å². The largest absolute Gasteiger partial charge is 0.744 e. The molecule has 6 nitrogen and oxygen atoms in total. The van der Waals surface area contributed by atoms with E-state index < -0.39 is 10.1 Å². The molecule has 1 atom stereocenters.